The highest BCUT2D eigenvalue weighted by atomic mass is 35.5. The van der Waals surface area contributed by atoms with E-state index in [1.54, 1.807) is 35.6 Å². The summed E-state index contributed by atoms with van der Waals surface area (Å²) in [6.07, 6.45) is 5.06. The second kappa shape index (κ2) is 8.35. The van der Waals surface area contributed by atoms with E-state index in [0.29, 0.717) is 21.5 Å². The van der Waals surface area contributed by atoms with E-state index in [4.69, 9.17) is 11.6 Å². The Labute approximate surface area is 187 Å². The SMILES string of the molecule is CC(C)(C)[C@@H]1CCc2c(sc(NC(=O)c3ccc(Cl)cc3)c2C(=O)N2CCCC2)C1. The Morgan fingerprint density at radius 2 is 1.80 bits per heavy atom. The van der Waals surface area contributed by atoms with Crippen LogP contribution < -0.4 is 5.32 Å². The maximum Gasteiger partial charge on any atom is 0.257 e. The molecule has 1 saturated heterocycles. The Morgan fingerprint density at radius 1 is 1.13 bits per heavy atom. The van der Waals surface area contributed by atoms with Crippen LogP contribution in [0.4, 0.5) is 5.00 Å². The minimum absolute atomic E-state index is 0.0746. The molecule has 30 heavy (non-hydrogen) atoms. The van der Waals surface area contributed by atoms with E-state index in [0.717, 1.165) is 56.3 Å². The molecule has 0 bridgehead atoms. The number of benzene rings is 1. The third kappa shape index (κ3) is 4.28. The van der Waals surface area contributed by atoms with Crippen LogP contribution in [-0.2, 0) is 12.8 Å². The highest BCUT2D eigenvalue weighted by Crippen LogP contribution is 2.45. The van der Waals surface area contributed by atoms with Crippen molar-refractivity contribution in [2.45, 2.75) is 52.9 Å². The maximum atomic E-state index is 13.4. The van der Waals surface area contributed by atoms with Crippen molar-refractivity contribution in [3.8, 4) is 0 Å². The molecule has 0 radical (unpaired) electrons. The number of hydrogen-bond acceptors (Lipinski definition) is 3. The van der Waals surface area contributed by atoms with E-state index in [1.807, 2.05) is 4.90 Å². The molecule has 1 N–H and O–H groups in total. The Balaban J connectivity index is 1.68. The number of carbonyl (C=O) groups is 2. The summed E-state index contributed by atoms with van der Waals surface area (Å²) in [5.74, 6) is 0.455. The van der Waals surface area contributed by atoms with E-state index in [9.17, 15) is 9.59 Å². The van der Waals surface area contributed by atoms with E-state index >= 15 is 0 Å². The Hall–Kier alpha value is -1.85. The molecule has 1 aromatic heterocycles. The summed E-state index contributed by atoms with van der Waals surface area (Å²) in [6, 6.07) is 6.84. The van der Waals surface area contributed by atoms with Crippen LogP contribution in [0.5, 0.6) is 0 Å². The number of halogens is 1. The second-order valence-electron chi connectivity index (χ2n) is 9.47. The van der Waals surface area contributed by atoms with Gasteiger partial charge in [0.2, 0.25) is 0 Å². The first-order valence-corrected chi connectivity index (χ1v) is 11.9. The minimum atomic E-state index is -0.201. The van der Waals surface area contributed by atoms with E-state index in [2.05, 4.69) is 26.1 Å². The molecule has 1 aliphatic heterocycles. The number of carbonyl (C=O) groups excluding carboxylic acids is 2. The summed E-state index contributed by atoms with van der Waals surface area (Å²) < 4.78 is 0. The lowest BCUT2D eigenvalue weighted by Crippen LogP contribution is -2.30. The number of thiophene rings is 1. The van der Waals surface area contributed by atoms with E-state index in [-0.39, 0.29) is 17.2 Å². The zero-order valence-corrected chi connectivity index (χ0v) is 19.5. The normalized spacial score (nSPS) is 18.9. The summed E-state index contributed by atoms with van der Waals surface area (Å²) in [5.41, 5.74) is 2.65. The highest BCUT2D eigenvalue weighted by molar-refractivity contribution is 7.17. The number of rotatable bonds is 3. The van der Waals surface area contributed by atoms with Crippen LogP contribution >= 0.6 is 22.9 Å². The minimum Gasteiger partial charge on any atom is -0.339 e. The lowest BCUT2D eigenvalue weighted by atomic mass is 9.72. The van der Waals surface area contributed by atoms with Gasteiger partial charge in [-0.3, -0.25) is 9.59 Å². The molecule has 2 amide bonds. The number of hydrogen-bond donors (Lipinski definition) is 1. The third-order valence-corrected chi connectivity index (χ3v) is 7.85. The lowest BCUT2D eigenvalue weighted by Gasteiger charge is -2.34. The molecule has 6 heteroatoms. The van der Waals surface area contributed by atoms with Crippen LogP contribution in [0.2, 0.25) is 5.02 Å². The molecule has 0 unspecified atom stereocenters. The van der Waals surface area contributed by atoms with Gasteiger partial charge < -0.3 is 10.2 Å². The van der Waals surface area contributed by atoms with Gasteiger partial charge in [-0.05, 0) is 73.3 Å². The smallest absolute Gasteiger partial charge is 0.257 e. The molecule has 4 nitrogen and oxygen atoms in total. The van der Waals surface area contributed by atoms with Crippen LogP contribution in [0.3, 0.4) is 0 Å². The number of fused-ring (bicyclic) bond motifs is 1. The summed E-state index contributed by atoms with van der Waals surface area (Å²) >= 11 is 7.54. The molecule has 1 aliphatic carbocycles. The topological polar surface area (TPSA) is 49.4 Å². The van der Waals surface area contributed by atoms with E-state index < -0.39 is 0 Å². The summed E-state index contributed by atoms with van der Waals surface area (Å²) in [6.45, 7) is 8.47. The fraction of sp³-hybridized carbons (Fsp3) is 0.500. The predicted octanol–water partition coefficient (Wildman–Crippen LogP) is 6.04. The van der Waals surface area contributed by atoms with Gasteiger partial charge in [0.15, 0.2) is 0 Å². The fourth-order valence-corrected chi connectivity index (χ4v) is 5.93. The van der Waals surface area contributed by atoms with Crippen LogP contribution in [0, 0.1) is 11.3 Å². The molecule has 4 rings (SSSR count). The lowest BCUT2D eigenvalue weighted by molar-refractivity contribution is 0.0792. The standard InChI is InChI=1S/C24H29ClN2O2S/c1-24(2,3)16-8-11-18-19(14-16)30-22(20(18)23(29)27-12-4-5-13-27)26-21(28)15-6-9-17(25)10-7-15/h6-7,9-10,16H,4-5,8,11-14H2,1-3H3,(H,26,28)/t16-/m1/s1. The van der Waals surface area contributed by atoms with Gasteiger partial charge in [-0.2, -0.15) is 0 Å². The third-order valence-electron chi connectivity index (χ3n) is 6.43. The Morgan fingerprint density at radius 3 is 2.43 bits per heavy atom. The molecular formula is C24H29ClN2O2S. The Kier molecular flexibility index (Phi) is 5.95. The molecule has 1 aromatic carbocycles. The monoisotopic (exact) mass is 444 g/mol. The summed E-state index contributed by atoms with van der Waals surface area (Å²) in [5, 5.41) is 4.34. The number of nitrogens with one attached hydrogen (secondary N) is 1. The summed E-state index contributed by atoms with van der Waals surface area (Å²) in [7, 11) is 0. The molecular weight excluding hydrogens is 416 g/mol. The molecule has 2 aromatic rings. The van der Waals surface area contributed by atoms with E-state index in [1.165, 1.54) is 4.88 Å². The van der Waals surface area contributed by atoms with Crippen molar-refractivity contribution in [2.24, 2.45) is 11.3 Å². The molecule has 0 spiro atoms. The van der Waals surface area contributed by atoms with Crippen molar-refractivity contribution >= 4 is 39.8 Å². The van der Waals surface area contributed by atoms with Crippen LogP contribution in [0.15, 0.2) is 24.3 Å². The quantitative estimate of drug-likeness (QED) is 0.627. The zero-order chi connectivity index (χ0) is 21.5. The van der Waals surface area contributed by atoms with Gasteiger partial charge in [0.05, 0.1) is 5.56 Å². The van der Waals surface area contributed by atoms with Gasteiger partial charge >= 0.3 is 0 Å². The average molecular weight is 445 g/mol. The van der Waals surface area contributed by atoms with Crippen molar-refractivity contribution in [1.29, 1.82) is 0 Å². The highest BCUT2D eigenvalue weighted by Gasteiger charge is 2.35. The molecule has 0 saturated carbocycles. The number of anilines is 1. The molecule has 2 aliphatic rings. The Bertz CT molecular complexity index is 953. The van der Waals surface area contributed by atoms with Gasteiger partial charge in [-0.15, -0.1) is 11.3 Å². The average Bonchev–Trinajstić information content (AvgIpc) is 3.34. The molecule has 160 valence electrons. The largest absolute Gasteiger partial charge is 0.339 e. The van der Waals surface area contributed by atoms with Gasteiger partial charge in [0.25, 0.3) is 11.8 Å². The first kappa shape index (κ1) is 21.4. The van der Waals surface area contributed by atoms with Crippen LogP contribution in [-0.4, -0.2) is 29.8 Å². The van der Waals surface area contributed by atoms with Gasteiger partial charge in [0, 0.05) is 28.6 Å². The number of amides is 2. The molecule has 1 fully saturated rings. The first-order valence-electron chi connectivity index (χ1n) is 10.7. The predicted molar refractivity (Wildman–Crippen MR) is 124 cm³/mol. The van der Waals surface area contributed by atoms with Crippen molar-refractivity contribution in [2.75, 3.05) is 18.4 Å². The zero-order valence-electron chi connectivity index (χ0n) is 17.9. The number of nitrogens with zero attached hydrogens (tertiary/aromatic N) is 1. The first-order chi connectivity index (χ1) is 14.2. The fourth-order valence-electron chi connectivity index (χ4n) is 4.49. The molecule has 2 heterocycles. The van der Waals surface area contributed by atoms with Crippen molar-refractivity contribution in [3.05, 3.63) is 50.9 Å². The van der Waals surface area contributed by atoms with Crippen LogP contribution in [0.1, 0.15) is 71.2 Å². The van der Waals surface area contributed by atoms with Crippen LogP contribution in [0.25, 0.3) is 0 Å². The van der Waals surface area contributed by atoms with Crippen molar-refractivity contribution in [1.82, 2.24) is 4.90 Å². The van der Waals surface area contributed by atoms with Crippen molar-refractivity contribution < 1.29 is 9.59 Å². The second-order valence-corrected chi connectivity index (χ2v) is 11.0. The molecule has 1 atom stereocenters. The maximum absolute atomic E-state index is 13.4. The number of likely N-dealkylation sites (tertiary alicyclic amines) is 1. The van der Waals surface area contributed by atoms with Gasteiger partial charge in [-0.25, -0.2) is 0 Å². The summed E-state index contributed by atoms with van der Waals surface area (Å²) in [4.78, 5) is 29.5. The van der Waals surface area contributed by atoms with Crippen molar-refractivity contribution in [3.63, 3.8) is 0 Å². The van der Waals surface area contributed by atoms with Gasteiger partial charge in [-0.1, -0.05) is 32.4 Å². The van der Waals surface area contributed by atoms with Gasteiger partial charge in [0.1, 0.15) is 5.00 Å².